The molecule has 0 spiro atoms. The van der Waals surface area contributed by atoms with E-state index in [2.05, 4.69) is 0 Å². The Balaban J connectivity index is 2.24. The van der Waals surface area contributed by atoms with Crippen molar-refractivity contribution >= 4 is 22.6 Å². The van der Waals surface area contributed by atoms with Crippen LogP contribution in [0.4, 0.5) is 5.69 Å². The topological polar surface area (TPSA) is 101 Å². The molecule has 0 bridgehead atoms. The number of carbonyl (C=O) groups is 1. The third-order valence-electron chi connectivity index (χ3n) is 3.67. The Morgan fingerprint density at radius 3 is 2.30 bits per heavy atom. The van der Waals surface area contributed by atoms with Gasteiger partial charge in [0, 0.05) is 5.39 Å². The number of hydrogen-bond acceptors (Lipinski definition) is 5. The van der Waals surface area contributed by atoms with Crippen LogP contribution in [0, 0.1) is 0 Å². The number of anilines is 1. The van der Waals surface area contributed by atoms with Crippen molar-refractivity contribution in [1.29, 1.82) is 0 Å². The Kier molecular flexibility index (Phi) is 3.57. The molecule has 0 aliphatic heterocycles. The maximum atomic E-state index is 11.4. The van der Waals surface area contributed by atoms with Crippen LogP contribution in [0.5, 0.6) is 11.5 Å². The van der Waals surface area contributed by atoms with Gasteiger partial charge in [0.25, 0.3) is 5.91 Å². The zero-order chi connectivity index (χ0) is 16.6. The molecule has 3 aromatic rings. The number of amides is 1. The fourth-order valence-corrected chi connectivity index (χ4v) is 2.59. The molecule has 118 valence electrons. The van der Waals surface area contributed by atoms with Crippen molar-refractivity contribution in [2.24, 2.45) is 5.73 Å². The highest BCUT2D eigenvalue weighted by atomic mass is 16.5. The van der Waals surface area contributed by atoms with E-state index < -0.39 is 5.91 Å². The minimum absolute atomic E-state index is 0.0378. The summed E-state index contributed by atoms with van der Waals surface area (Å²) in [5, 5.41) is 0.636. The van der Waals surface area contributed by atoms with Gasteiger partial charge in [-0.3, -0.25) is 4.79 Å². The van der Waals surface area contributed by atoms with Crippen molar-refractivity contribution in [1.82, 2.24) is 0 Å². The van der Waals surface area contributed by atoms with Crippen LogP contribution in [0.1, 0.15) is 10.6 Å². The van der Waals surface area contributed by atoms with E-state index in [-0.39, 0.29) is 11.4 Å². The van der Waals surface area contributed by atoms with Crippen LogP contribution >= 0.6 is 0 Å². The number of nitrogen functional groups attached to an aromatic ring is 1. The lowest BCUT2D eigenvalue weighted by Crippen LogP contribution is -2.11. The van der Waals surface area contributed by atoms with Crippen LogP contribution < -0.4 is 20.9 Å². The molecule has 0 saturated carbocycles. The maximum absolute atomic E-state index is 11.4. The lowest BCUT2D eigenvalue weighted by atomic mass is 10.0. The Morgan fingerprint density at radius 2 is 1.74 bits per heavy atom. The van der Waals surface area contributed by atoms with E-state index in [9.17, 15) is 4.79 Å². The summed E-state index contributed by atoms with van der Waals surface area (Å²) in [5.74, 6) is 0.593. The molecular weight excluding hydrogens is 296 g/mol. The summed E-state index contributed by atoms with van der Waals surface area (Å²) >= 11 is 0. The molecule has 6 heteroatoms. The fraction of sp³-hybridized carbons (Fsp3) is 0.118. The Bertz CT molecular complexity index is 877. The average molecular weight is 312 g/mol. The number of primary amides is 1. The van der Waals surface area contributed by atoms with Crippen LogP contribution in [0.3, 0.4) is 0 Å². The molecule has 23 heavy (non-hydrogen) atoms. The molecule has 1 amide bonds. The van der Waals surface area contributed by atoms with Crippen LogP contribution in [-0.2, 0) is 0 Å². The van der Waals surface area contributed by atoms with Crippen molar-refractivity contribution < 1.29 is 18.7 Å². The van der Waals surface area contributed by atoms with Crippen molar-refractivity contribution in [2.75, 3.05) is 20.0 Å². The monoisotopic (exact) mass is 312 g/mol. The summed E-state index contributed by atoms with van der Waals surface area (Å²) < 4.78 is 16.3. The van der Waals surface area contributed by atoms with Crippen LogP contribution in [0.25, 0.3) is 22.1 Å². The third kappa shape index (κ3) is 2.34. The molecule has 0 saturated heterocycles. The second-order valence-electron chi connectivity index (χ2n) is 4.96. The van der Waals surface area contributed by atoms with Gasteiger partial charge in [0.2, 0.25) is 5.76 Å². The standard InChI is InChI=1S/C17H16N2O4/c1-21-11-4-3-5-12(22-2)14(11)9-6-7-10-13(8-9)23-16(15(10)18)17(19)20/h3-8H,18H2,1-2H3,(H2,19,20). The van der Waals surface area contributed by atoms with E-state index in [1.807, 2.05) is 24.3 Å². The summed E-state index contributed by atoms with van der Waals surface area (Å²) in [6, 6.07) is 10.9. The smallest absolute Gasteiger partial charge is 0.286 e. The highest BCUT2D eigenvalue weighted by Gasteiger charge is 2.18. The minimum atomic E-state index is -0.699. The van der Waals surface area contributed by atoms with Crippen LogP contribution in [-0.4, -0.2) is 20.1 Å². The molecule has 0 unspecified atom stereocenters. The molecule has 0 aliphatic rings. The van der Waals surface area contributed by atoms with Crippen LogP contribution in [0.15, 0.2) is 40.8 Å². The molecule has 2 aromatic carbocycles. The first-order valence-electron chi connectivity index (χ1n) is 6.90. The predicted octanol–water partition coefficient (Wildman–Crippen LogP) is 2.80. The molecule has 6 nitrogen and oxygen atoms in total. The van der Waals surface area contributed by atoms with E-state index in [0.29, 0.717) is 22.5 Å². The molecule has 0 fully saturated rings. The second-order valence-corrected chi connectivity index (χ2v) is 4.96. The molecule has 0 aliphatic carbocycles. The molecular formula is C17H16N2O4. The molecule has 3 rings (SSSR count). The van der Waals surface area contributed by atoms with Gasteiger partial charge in [0.15, 0.2) is 0 Å². The Labute approximate surface area is 132 Å². The van der Waals surface area contributed by atoms with E-state index in [0.717, 1.165) is 11.1 Å². The number of ether oxygens (including phenoxy) is 2. The van der Waals surface area contributed by atoms with E-state index in [1.165, 1.54) is 0 Å². The number of methoxy groups -OCH3 is 2. The van der Waals surface area contributed by atoms with Gasteiger partial charge in [-0.05, 0) is 29.8 Å². The van der Waals surface area contributed by atoms with E-state index in [1.54, 1.807) is 26.4 Å². The number of rotatable bonds is 4. The largest absolute Gasteiger partial charge is 0.496 e. The average Bonchev–Trinajstić information content (AvgIpc) is 2.90. The minimum Gasteiger partial charge on any atom is -0.496 e. The number of carbonyl (C=O) groups excluding carboxylic acids is 1. The fourth-order valence-electron chi connectivity index (χ4n) is 2.59. The second kappa shape index (κ2) is 5.57. The molecule has 4 N–H and O–H groups in total. The quantitative estimate of drug-likeness (QED) is 0.771. The zero-order valence-electron chi connectivity index (χ0n) is 12.8. The maximum Gasteiger partial charge on any atom is 0.286 e. The van der Waals surface area contributed by atoms with Gasteiger partial charge in [0.1, 0.15) is 17.1 Å². The van der Waals surface area contributed by atoms with Crippen LogP contribution in [0.2, 0.25) is 0 Å². The van der Waals surface area contributed by atoms with Gasteiger partial charge in [-0.15, -0.1) is 0 Å². The number of hydrogen-bond donors (Lipinski definition) is 2. The van der Waals surface area contributed by atoms with Gasteiger partial charge in [0.05, 0.1) is 25.5 Å². The lowest BCUT2D eigenvalue weighted by Gasteiger charge is -2.13. The number of benzene rings is 2. The van der Waals surface area contributed by atoms with Gasteiger partial charge in [-0.25, -0.2) is 0 Å². The van der Waals surface area contributed by atoms with Gasteiger partial charge >= 0.3 is 0 Å². The first-order chi connectivity index (χ1) is 11.1. The summed E-state index contributed by atoms with van der Waals surface area (Å²) in [7, 11) is 3.18. The number of fused-ring (bicyclic) bond motifs is 1. The molecule has 0 radical (unpaired) electrons. The molecule has 0 atom stereocenters. The van der Waals surface area contributed by atoms with Crippen molar-refractivity contribution in [2.45, 2.75) is 0 Å². The normalized spacial score (nSPS) is 10.7. The summed E-state index contributed by atoms with van der Waals surface area (Å²) in [6.45, 7) is 0. The summed E-state index contributed by atoms with van der Waals surface area (Å²) in [6.07, 6.45) is 0. The lowest BCUT2D eigenvalue weighted by molar-refractivity contribution is 0.0977. The van der Waals surface area contributed by atoms with Crippen molar-refractivity contribution in [3.8, 4) is 22.6 Å². The van der Waals surface area contributed by atoms with E-state index >= 15 is 0 Å². The third-order valence-corrected chi connectivity index (χ3v) is 3.67. The number of furan rings is 1. The number of nitrogens with two attached hydrogens (primary N) is 2. The van der Waals surface area contributed by atoms with Gasteiger partial charge in [-0.2, -0.15) is 0 Å². The Hall–Kier alpha value is -3.15. The van der Waals surface area contributed by atoms with Crippen molar-refractivity contribution in [3.63, 3.8) is 0 Å². The van der Waals surface area contributed by atoms with E-state index in [4.69, 9.17) is 25.4 Å². The SMILES string of the molecule is COc1cccc(OC)c1-c1ccc2c(N)c(C(N)=O)oc2c1. The zero-order valence-corrected chi connectivity index (χ0v) is 12.8. The Morgan fingerprint density at radius 1 is 1.09 bits per heavy atom. The van der Waals surface area contributed by atoms with Gasteiger partial charge in [-0.1, -0.05) is 12.1 Å². The first kappa shape index (κ1) is 14.8. The van der Waals surface area contributed by atoms with Crippen molar-refractivity contribution in [3.05, 3.63) is 42.2 Å². The predicted molar refractivity (Wildman–Crippen MR) is 87.7 cm³/mol. The molecule has 1 heterocycles. The van der Waals surface area contributed by atoms with Gasteiger partial charge < -0.3 is 25.4 Å². The first-order valence-corrected chi connectivity index (χ1v) is 6.90. The summed E-state index contributed by atoms with van der Waals surface area (Å²) in [5.41, 5.74) is 13.5. The highest BCUT2D eigenvalue weighted by molar-refractivity contribution is 6.05. The highest BCUT2D eigenvalue weighted by Crippen LogP contribution is 2.40. The summed E-state index contributed by atoms with van der Waals surface area (Å²) in [4.78, 5) is 11.4. The molecule has 1 aromatic heterocycles.